The van der Waals surface area contributed by atoms with Gasteiger partial charge < -0.3 is 10.1 Å². The molecule has 0 radical (unpaired) electrons. The van der Waals surface area contributed by atoms with Crippen LogP contribution in [-0.2, 0) is 4.79 Å². The molecule has 4 heteroatoms. The lowest BCUT2D eigenvalue weighted by Gasteiger charge is -2.20. The molecule has 0 bridgehead atoms. The highest BCUT2D eigenvalue weighted by Crippen LogP contribution is 2.26. The number of amides is 1. The van der Waals surface area contributed by atoms with Crippen molar-refractivity contribution in [3.63, 3.8) is 0 Å². The van der Waals surface area contributed by atoms with Crippen molar-refractivity contribution in [2.45, 2.75) is 38.5 Å². The Morgan fingerprint density at radius 1 is 1.20 bits per heavy atom. The maximum atomic E-state index is 11.9. The average Bonchev–Trinajstić information content (AvgIpc) is 2.65. The molecule has 3 rings (SSSR count). The summed E-state index contributed by atoms with van der Waals surface area (Å²) < 4.78 is 5.62. The Balaban J connectivity index is 1.36. The number of benzene rings is 1. The average molecular weight is 336 g/mol. The third-order valence-corrected chi connectivity index (χ3v) is 4.59. The van der Waals surface area contributed by atoms with E-state index in [1.165, 1.54) is 32.1 Å². The van der Waals surface area contributed by atoms with Gasteiger partial charge in [-0.2, -0.15) is 0 Å². The van der Waals surface area contributed by atoms with Crippen molar-refractivity contribution >= 4 is 16.8 Å². The second-order valence-corrected chi connectivity index (χ2v) is 6.49. The molecule has 1 saturated carbocycles. The molecular weight excluding hydrogens is 312 g/mol. The Morgan fingerprint density at radius 3 is 2.96 bits per heavy atom. The zero-order valence-corrected chi connectivity index (χ0v) is 14.5. The highest BCUT2D eigenvalue weighted by Gasteiger charge is 2.16. The normalized spacial score (nSPS) is 14.6. The molecule has 25 heavy (non-hydrogen) atoms. The molecular formula is C21H24N2O2. The molecule has 1 aliphatic carbocycles. The van der Waals surface area contributed by atoms with Crippen LogP contribution in [-0.4, -0.2) is 24.0 Å². The number of pyridine rings is 1. The standard InChI is InChI=1S/C21H24N2O2/c24-21(15-17-7-2-1-3-8-17)23-12-4-5-14-25-19-11-10-18-9-6-13-22-20(18)16-19/h6,9-11,13,16-17H,1-3,7-8,12,14-15H2,(H,23,24). The summed E-state index contributed by atoms with van der Waals surface area (Å²) in [6, 6.07) is 9.73. The van der Waals surface area contributed by atoms with E-state index in [2.05, 4.69) is 22.1 Å². The molecule has 0 unspecified atom stereocenters. The summed E-state index contributed by atoms with van der Waals surface area (Å²) in [5.74, 6) is 7.30. The first-order chi connectivity index (χ1) is 12.3. The lowest BCUT2D eigenvalue weighted by atomic mass is 9.87. The van der Waals surface area contributed by atoms with Crippen LogP contribution < -0.4 is 10.1 Å². The van der Waals surface area contributed by atoms with Gasteiger partial charge in [0.25, 0.3) is 0 Å². The topological polar surface area (TPSA) is 51.2 Å². The summed E-state index contributed by atoms with van der Waals surface area (Å²) in [5.41, 5.74) is 0.905. The highest BCUT2D eigenvalue weighted by atomic mass is 16.5. The van der Waals surface area contributed by atoms with Crippen molar-refractivity contribution in [3.8, 4) is 17.6 Å². The fourth-order valence-electron chi connectivity index (χ4n) is 3.24. The third-order valence-electron chi connectivity index (χ3n) is 4.59. The van der Waals surface area contributed by atoms with Gasteiger partial charge in [0.15, 0.2) is 0 Å². The number of carbonyl (C=O) groups excluding carboxylic acids is 1. The van der Waals surface area contributed by atoms with E-state index < -0.39 is 0 Å². The largest absolute Gasteiger partial charge is 0.481 e. The van der Waals surface area contributed by atoms with Gasteiger partial charge in [0, 0.05) is 24.1 Å². The van der Waals surface area contributed by atoms with Gasteiger partial charge in [-0.15, -0.1) is 0 Å². The zero-order valence-electron chi connectivity index (χ0n) is 14.5. The van der Waals surface area contributed by atoms with Crippen molar-refractivity contribution in [2.24, 2.45) is 5.92 Å². The van der Waals surface area contributed by atoms with E-state index in [0.29, 0.717) is 25.5 Å². The number of rotatable bonds is 5. The monoisotopic (exact) mass is 336 g/mol. The van der Waals surface area contributed by atoms with Crippen LogP contribution in [0, 0.1) is 17.8 Å². The fraction of sp³-hybridized carbons (Fsp3) is 0.429. The quantitative estimate of drug-likeness (QED) is 0.847. The van der Waals surface area contributed by atoms with Crippen LogP contribution in [0.15, 0.2) is 36.5 Å². The van der Waals surface area contributed by atoms with Gasteiger partial charge in [0.2, 0.25) is 5.91 Å². The number of aromatic nitrogens is 1. The van der Waals surface area contributed by atoms with Gasteiger partial charge in [0.1, 0.15) is 12.4 Å². The minimum Gasteiger partial charge on any atom is -0.481 e. The van der Waals surface area contributed by atoms with Crippen LogP contribution in [0.4, 0.5) is 0 Å². The van der Waals surface area contributed by atoms with Crippen LogP contribution >= 0.6 is 0 Å². The second-order valence-electron chi connectivity index (χ2n) is 6.49. The molecule has 1 aromatic heterocycles. The Bertz CT molecular complexity index is 770. The number of hydrogen-bond acceptors (Lipinski definition) is 3. The summed E-state index contributed by atoms with van der Waals surface area (Å²) in [7, 11) is 0. The summed E-state index contributed by atoms with van der Waals surface area (Å²) >= 11 is 0. The minimum atomic E-state index is 0.114. The van der Waals surface area contributed by atoms with Crippen molar-refractivity contribution in [2.75, 3.05) is 13.2 Å². The number of fused-ring (bicyclic) bond motifs is 1. The first kappa shape index (κ1) is 17.3. The Labute approximate surface area is 149 Å². The minimum absolute atomic E-state index is 0.114. The maximum Gasteiger partial charge on any atom is 0.221 e. The van der Waals surface area contributed by atoms with Gasteiger partial charge in [-0.1, -0.05) is 37.2 Å². The predicted molar refractivity (Wildman–Crippen MR) is 99.2 cm³/mol. The smallest absolute Gasteiger partial charge is 0.221 e. The molecule has 1 aromatic carbocycles. The lowest BCUT2D eigenvalue weighted by Crippen LogP contribution is -2.26. The summed E-state index contributed by atoms with van der Waals surface area (Å²) in [5, 5.41) is 3.96. The Hall–Kier alpha value is -2.54. The first-order valence-corrected chi connectivity index (χ1v) is 9.01. The molecule has 1 N–H and O–H groups in total. The summed E-state index contributed by atoms with van der Waals surface area (Å²) in [6.07, 6.45) is 8.63. The number of hydrogen-bond donors (Lipinski definition) is 1. The number of carbonyl (C=O) groups is 1. The SMILES string of the molecule is O=C(CC1CCCCC1)NCC#CCOc1ccc2cccnc2c1. The van der Waals surface area contributed by atoms with Crippen LogP contribution in [0.2, 0.25) is 0 Å². The van der Waals surface area contributed by atoms with Gasteiger partial charge in [-0.3, -0.25) is 9.78 Å². The predicted octanol–water partition coefficient (Wildman–Crippen LogP) is 3.70. The number of ether oxygens (including phenoxy) is 1. The molecule has 1 amide bonds. The molecule has 1 aliphatic rings. The molecule has 130 valence electrons. The van der Waals surface area contributed by atoms with E-state index in [0.717, 1.165) is 16.7 Å². The number of nitrogens with one attached hydrogen (secondary N) is 1. The molecule has 1 heterocycles. The van der Waals surface area contributed by atoms with Gasteiger partial charge >= 0.3 is 0 Å². The first-order valence-electron chi connectivity index (χ1n) is 9.01. The molecule has 0 saturated heterocycles. The maximum absolute atomic E-state index is 11.9. The summed E-state index contributed by atoms with van der Waals surface area (Å²) in [6.45, 7) is 0.686. The van der Waals surface area contributed by atoms with Crippen LogP contribution in [0.1, 0.15) is 38.5 Å². The van der Waals surface area contributed by atoms with Crippen molar-refractivity contribution in [1.82, 2.24) is 10.3 Å². The zero-order chi connectivity index (χ0) is 17.3. The van der Waals surface area contributed by atoms with Crippen LogP contribution in [0.5, 0.6) is 5.75 Å². The van der Waals surface area contributed by atoms with Crippen molar-refractivity contribution in [3.05, 3.63) is 36.5 Å². The van der Waals surface area contributed by atoms with Gasteiger partial charge in [-0.25, -0.2) is 0 Å². The molecule has 0 atom stereocenters. The second kappa shape index (κ2) is 9.08. The van der Waals surface area contributed by atoms with E-state index >= 15 is 0 Å². The van der Waals surface area contributed by atoms with E-state index in [1.807, 2.05) is 30.3 Å². The summed E-state index contributed by atoms with van der Waals surface area (Å²) in [4.78, 5) is 16.2. The lowest BCUT2D eigenvalue weighted by molar-refractivity contribution is -0.122. The number of nitrogens with zero attached hydrogens (tertiary/aromatic N) is 1. The van der Waals surface area contributed by atoms with Gasteiger partial charge in [0.05, 0.1) is 12.1 Å². The molecule has 0 aliphatic heterocycles. The van der Waals surface area contributed by atoms with E-state index in [4.69, 9.17) is 4.74 Å². The molecule has 4 nitrogen and oxygen atoms in total. The molecule has 1 fully saturated rings. The molecule has 0 spiro atoms. The van der Waals surface area contributed by atoms with Crippen LogP contribution in [0.25, 0.3) is 10.9 Å². The molecule has 2 aromatic rings. The van der Waals surface area contributed by atoms with Crippen molar-refractivity contribution in [1.29, 1.82) is 0 Å². The van der Waals surface area contributed by atoms with E-state index in [1.54, 1.807) is 6.20 Å². The van der Waals surface area contributed by atoms with Gasteiger partial charge in [-0.05, 0) is 37.0 Å². The van der Waals surface area contributed by atoms with Crippen LogP contribution in [0.3, 0.4) is 0 Å². The Morgan fingerprint density at radius 2 is 2.08 bits per heavy atom. The highest BCUT2D eigenvalue weighted by molar-refractivity contribution is 5.79. The van der Waals surface area contributed by atoms with Crippen molar-refractivity contribution < 1.29 is 9.53 Å². The fourth-order valence-corrected chi connectivity index (χ4v) is 3.24. The Kier molecular flexibility index (Phi) is 6.28. The van der Waals surface area contributed by atoms with E-state index in [-0.39, 0.29) is 5.91 Å². The third kappa shape index (κ3) is 5.49. The van der Waals surface area contributed by atoms with E-state index in [9.17, 15) is 4.79 Å².